The molecule has 1 saturated heterocycles. The van der Waals surface area contributed by atoms with Crippen LogP contribution in [0.25, 0.3) is 0 Å². The van der Waals surface area contributed by atoms with Crippen LogP contribution in [-0.2, 0) is 10.9 Å². The Morgan fingerprint density at radius 2 is 1.92 bits per heavy atom. The van der Waals surface area contributed by atoms with Gasteiger partial charge in [0.05, 0.1) is 27.9 Å². The number of rotatable bonds is 2. The van der Waals surface area contributed by atoms with Gasteiger partial charge in [-0.3, -0.25) is 4.79 Å². The van der Waals surface area contributed by atoms with Gasteiger partial charge in [0.2, 0.25) is 0 Å². The first-order chi connectivity index (χ1) is 11.3. The molecular weight excluding hydrogens is 363 g/mol. The Hall–Kier alpha value is -1.57. The Morgan fingerprint density at radius 1 is 1.21 bits per heavy atom. The van der Waals surface area contributed by atoms with Crippen molar-refractivity contribution in [2.75, 3.05) is 19.7 Å². The summed E-state index contributed by atoms with van der Waals surface area (Å²) in [6, 6.07) is 8.16. The predicted octanol–water partition coefficient (Wildman–Crippen LogP) is 4.63. The van der Waals surface area contributed by atoms with Gasteiger partial charge in [0.15, 0.2) is 0 Å². The second-order valence-electron chi connectivity index (χ2n) is 5.33. The minimum atomic E-state index is -4.37. The molecule has 1 unspecified atom stereocenters. The summed E-state index contributed by atoms with van der Waals surface area (Å²) in [6.07, 6.45) is -4.81. The van der Waals surface area contributed by atoms with Crippen molar-refractivity contribution in [1.29, 1.82) is 0 Å². The van der Waals surface area contributed by atoms with Gasteiger partial charge in [-0.2, -0.15) is 13.2 Å². The number of benzene rings is 1. The Kier molecular flexibility index (Phi) is 4.85. The molecule has 3 nitrogen and oxygen atoms in total. The second-order valence-corrected chi connectivity index (χ2v) is 7.05. The first kappa shape index (κ1) is 17.3. The number of carbonyl (C=O) groups excluding carboxylic acids is 1. The normalized spacial score (nSPS) is 18.7. The molecule has 1 aromatic carbocycles. The SMILES string of the molecule is O=C(c1ccc(Cl)s1)N1CCOC(c2ccc(C(F)(F)F)cc2)C1. The lowest BCUT2D eigenvalue weighted by atomic mass is 10.0. The molecule has 3 rings (SSSR count). The van der Waals surface area contributed by atoms with Gasteiger partial charge < -0.3 is 9.64 Å². The van der Waals surface area contributed by atoms with Crippen molar-refractivity contribution in [3.8, 4) is 0 Å². The van der Waals surface area contributed by atoms with E-state index in [1.807, 2.05) is 0 Å². The van der Waals surface area contributed by atoms with Crippen molar-refractivity contribution >= 4 is 28.8 Å². The number of thiophene rings is 1. The van der Waals surface area contributed by atoms with Gasteiger partial charge in [-0.05, 0) is 29.8 Å². The fraction of sp³-hybridized carbons (Fsp3) is 0.312. The van der Waals surface area contributed by atoms with Crippen LogP contribution in [0.3, 0.4) is 0 Å². The molecule has 1 aliphatic heterocycles. The van der Waals surface area contributed by atoms with E-state index in [9.17, 15) is 18.0 Å². The van der Waals surface area contributed by atoms with E-state index in [1.165, 1.54) is 23.5 Å². The summed E-state index contributed by atoms with van der Waals surface area (Å²) in [4.78, 5) is 14.6. The lowest BCUT2D eigenvalue weighted by Crippen LogP contribution is -2.42. The van der Waals surface area contributed by atoms with E-state index in [0.717, 1.165) is 12.1 Å². The topological polar surface area (TPSA) is 29.5 Å². The molecule has 1 atom stereocenters. The largest absolute Gasteiger partial charge is 0.416 e. The van der Waals surface area contributed by atoms with E-state index in [1.54, 1.807) is 17.0 Å². The molecule has 1 fully saturated rings. The van der Waals surface area contributed by atoms with Gasteiger partial charge in [-0.1, -0.05) is 23.7 Å². The summed E-state index contributed by atoms with van der Waals surface area (Å²) in [7, 11) is 0. The third-order valence-electron chi connectivity index (χ3n) is 3.75. The number of hydrogen-bond acceptors (Lipinski definition) is 3. The number of nitrogens with zero attached hydrogens (tertiary/aromatic N) is 1. The molecule has 0 saturated carbocycles. The maximum atomic E-state index is 12.6. The highest BCUT2D eigenvalue weighted by molar-refractivity contribution is 7.17. The Bertz CT molecular complexity index is 730. The van der Waals surface area contributed by atoms with Gasteiger partial charge in [0.1, 0.15) is 6.10 Å². The summed E-state index contributed by atoms with van der Waals surface area (Å²) in [6.45, 7) is 1.06. The predicted molar refractivity (Wildman–Crippen MR) is 85.4 cm³/mol. The van der Waals surface area contributed by atoms with Crippen LogP contribution in [0.4, 0.5) is 13.2 Å². The Balaban J connectivity index is 1.72. The van der Waals surface area contributed by atoms with E-state index in [2.05, 4.69) is 0 Å². The number of carbonyl (C=O) groups is 1. The fourth-order valence-corrected chi connectivity index (χ4v) is 3.52. The summed E-state index contributed by atoms with van der Waals surface area (Å²) < 4.78 is 44.0. The average Bonchev–Trinajstić information content (AvgIpc) is 3.00. The van der Waals surface area contributed by atoms with Crippen LogP contribution in [0.5, 0.6) is 0 Å². The van der Waals surface area contributed by atoms with Gasteiger partial charge in [-0.25, -0.2) is 0 Å². The second kappa shape index (κ2) is 6.74. The number of ether oxygens (including phenoxy) is 1. The monoisotopic (exact) mass is 375 g/mol. The van der Waals surface area contributed by atoms with Crippen LogP contribution in [0, 0.1) is 0 Å². The maximum Gasteiger partial charge on any atom is 0.416 e. The van der Waals surface area contributed by atoms with Gasteiger partial charge >= 0.3 is 6.18 Å². The number of halogens is 4. The molecule has 24 heavy (non-hydrogen) atoms. The van der Waals surface area contributed by atoms with Crippen molar-refractivity contribution in [2.24, 2.45) is 0 Å². The molecule has 0 bridgehead atoms. The van der Waals surface area contributed by atoms with Crippen LogP contribution in [0.15, 0.2) is 36.4 Å². The van der Waals surface area contributed by atoms with Crippen LogP contribution in [0.1, 0.15) is 26.9 Å². The zero-order valence-corrected chi connectivity index (χ0v) is 13.9. The molecule has 8 heteroatoms. The van der Waals surface area contributed by atoms with Crippen LogP contribution in [0.2, 0.25) is 4.34 Å². The van der Waals surface area contributed by atoms with E-state index in [-0.39, 0.29) is 5.91 Å². The summed E-state index contributed by atoms with van der Waals surface area (Å²) in [5, 5.41) is 0. The molecule has 2 aromatic rings. The van der Waals surface area contributed by atoms with E-state index < -0.39 is 17.8 Å². The van der Waals surface area contributed by atoms with Crippen LogP contribution < -0.4 is 0 Å². The molecule has 1 aliphatic rings. The molecule has 0 radical (unpaired) electrons. The average molecular weight is 376 g/mol. The zero-order valence-electron chi connectivity index (χ0n) is 12.3. The van der Waals surface area contributed by atoms with E-state index in [4.69, 9.17) is 16.3 Å². The van der Waals surface area contributed by atoms with Gasteiger partial charge in [-0.15, -0.1) is 11.3 Å². The van der Waals surface area contributed by atoms with Crippen molar-refractivity contribution in [2.45, 2.75) is 12.3 Å². The van der Waals surface area contributed by atoms with Gasteiger partial charge in [0.25, 0.3) is 5.91 Å². The van der Waals surface area contributed by atoms with E-state index >= 15 is 0 Å². The quantitative estimate of drug-likeness (QED) is 0.765. The summed E-state index contributed by atoms with van der Waals surface area (Å²) in [5.41, 5.74) is -0.0899. The van der Waals surface area contributed by atoms with Crippen LogP contribution >= 0.6 is 22.9 Å². The highest BCUT2D eigenvalue weighted by Crippen LogP contribution is 2.31. The van der Waals surface area contributed by atoms with Crippen molar-refractivity contribution < 1.29 is 22.7 Å². The van der Waals surface area contributed by atoms with Crippen molar-refractivity contribution in [3.05, 3.63) is 56.7 Å². The minimum absolute atomic E-state index is 0.146. The molecule has 0 aliphatic carbocycles. The molecule has 1 aromatic heterocycles. The fourth-order valence-electron chi connectivity index (χ4n) is 2.51. The summed E-state index contributed by atoms with van der Waals surface area (Å²) >= 11 is 7.05. The molecule has 0 spiro atoms. The molecular formula is C16H13ClF3NO2S. The van der Waals surface area contributed by atoms with Crippen molar-refractivity contribution in [1.82, 2.24) is 4.90 Å². The van der Waals surface area contributed by atoms with E-state index in [0.29, 0.717) is 34.5 Å². The molecule has 1 amide bonds. The summed E-state index contributed by atoms with van der Waals surface area (Å²) in [5.74, 6) is -0.146. The first-order valence-corrected chi connectivity index (χ1v) is 8.37. The minimum Gasteiger partial charge on any atom is -0.370 e. The number of morpholine rings is 1. The maximum absolute atomic E-state index is 12.6. The third-order valence-corrected chi connectivity index (χ3v) is 4.97. The Morgan fingerprint density at radius 3 is 2.50 bits per heavy atom. The third kappa shape index (κ3) is 3.74. The number of hydrogen-bond donors (Lipinski definition) is 0. The Labute approximate surface area is 145 Å². The zero-order chi connectivity index (χ0) is 17.3. The number of alkyl halides is 3. The molecule has 128 valence electrons. The lowest BCUT2D eigenvalue weighted by Gasteiger charge is -2.33. The smallest absolute Gasteiger partial charge is 0.370 e. The number of amides is 1. The highest BCUT2D eigenvalue weighted by atomic mass is 35.5. The lowest BCUT2D eigenvalue weighted by molar-refractivity contribution is -0.137. The van der Waals surface area contributed by atoms with Crippen LogP contribution in [-0.4, -0.2) is 30.5 Å². The first-order valence-electron chi connectivity index (χ1n) is 7.18. The van der Waals surface area contributed by atoms with Gasteiger partial charge in [0, 0.05) is 6.54 Å². The highest BCUT2D eigenvalue weighted by Gasteiger charge is 2.31. The molecule has 2 heterocycles. The van der Waals surface area contributed by atoms with Crippen molar-refractivity contribution in [3.63, 3.8) is 0 Å². The standard InChI is InChI=1S/C16H13ClF3NO2S/c17-14-6-5-13(24-14)15(22)21-7-8-23-12(9-21)10-1-3-11(4-2-10)16(18,19)20/h1-6,12H,7-9H2. The molecule has 0 N–H and O–H groups in total.